The van der Waals surface area contributed by atoms with Crippen LogP contribution < -0.4 is 54.4 Å². The molecule has 156 valence electrons. The third-order valence-corrected chi connectivity index (χ3v) is 3.37. The van der Waals surface area contributed by atoms with E-state index in [9.17, 15) is 5.11 Å². The van der Waals surface area contributed by atoms with Gasteiger partial charge in [0.15, 0.2) is 6.29 Å². The summed E-state index contributed by atoms with van der Waals surface area (Å²) in [5.74, 6) is 0. The summed E-state index contributed by atoms with van der Waals surface area (Å²) < 4.78 is 28.6. The highest BCUT2D eigenvalue weighted by atomic mass is 35.5. The second-order valence-electron chi connectivity index (χ2n) is 5.03. The molecular weight excluding hydrogens is 401 g/mol. The Labute approximate surface area is 167 Å². The first-order chi connectivity index (χ1) is 10.7. The van der Waals surface area contributed by atoms with Gasteiger partial charge in [-0.25, -0.2) is 0 Å². The molecule has 1 aliphatic heterocycles. The molecule has 9 nitrogen and oxygen atoms in total. The molecular formula is C13H32Cl3N3O6. The van der Waals surface area contributed by atoms with Crippen LogP contribution in [0.5, 0.6) is 0 Å². The summed E-state index contributed by atoms with van der Waals surface area (Å²) in [5.41, 5.74) is 11.3. The average Bonchev–Trinajstić information content (AvgIpc) is 2.55. The Morgan fingerprint density at radius 1 is 0.800 bits per heavy atom. The Balaban J connectivity index is -0.00000161. The summed E-state index contributed by atoms with van der Waals surface area (Å²) in [6.07, 6.45) is -2.46. The minimum Gasteiger partial charge on any atom is -1.00 e. The Morgan fingerprint density at radius 2 is 1.24 bits per heavy atom. The van der Waals surface area contributed by atoms with Gasteiger partial charge >= 0.3 is 0 Å². The first kappa shape index (κ1) is 30.2. The van der Waals surface area contributed by atoms with E-state index in [1.807, 2.05) is 0 Å². The van der Waals surface area contributed by atoms with Gasteiger partial charge in [0.25, 0.3) is 0 Å². The van der Waals surface area contributed by atoms with Gasteiger partial charge in [-0.15, -0.1) is 0 Å². The molecule has 0 aromatic carbocycles. The smallest absolute Gasteiger partial charge is 0.186 e. The van der Waals surface area contributed by atoms with E-state index in [0.29, 0.717) is 39.5 Å². The van der Waals surface area contributed by atoms with Crippen LogP contribution in [-0.4, -0.2) is 89.0 Å². The highest BCUT2D eigenvalue weighted by molar-refractivity contribution is 4.92. The van der Waals surface area contributed by atoms with Crippen LogP contribution >= 0.6 is 0 Å². The predicted octanol–water partition coefficient (Wildman–Crippen LogP) is -13.8. The average molecular weight is 433 g/mol. The summed E-state index contributed by atoms with van der Waals surface area (Å²) in [4.78, 5) is 0. The molecule has 10 N–H and O–H groups in total. The number of hydrogen-bond donors (Lipinski definition) is 4. The van der Waals surface area contributed by atoms with Gasteiger partial charge in [0.1, 0.15) is 24.4 Å². The molecule has 0 unspecified atom stereocenters. The summed E-state index contributed by atoms with van der Waals surface area (Å²) in [7, 11) is 1.54. The van der Waals surface area contributed by atoms with Crippen LogP contribution in [0.1, 0.15) is 0 Å². The lowest BCUT2D eigenvalue weighted by Gasteiger charge is -2.44. The second-order valence-corrected chi connectivity index (χ2v) is 5.03. The van der Waals surface area contributed by atoms with Crippen LogP contribution in [0.2, 0.25) is 0 Å². The molecule has 1 aliphatic rings. The molecule has 0 aliphatic carbocycles. The van der Waals surface area contributed by atoms with Crippen molar-refractivity contribution >= 4 is 0 Å². The van der Waals surface area contributed by atoms with E-state index in [1.54, 1.807) is 0 Å². The van der Waals surface area contributed by atoms with Gasteiger partial charge in [-0.3, -0.25) is 0 Å². The van der Waals surface area contributed by atoms with Gasteiger partial charge in [-0.2, -0.15) is 0 Å². The van der Waals surface area contributed by atoms with Crippen molar-refractivity contribution in [2.45, 2.75) is 30.7 Å². The highest BCUT2D eigenvalue weighted by Crippen LogP contribution is 2.28. The van der Waals surface area contributed by atoms with Crippen LogP contribution in [0, 0.1) is 0 Å². The van der Waals surface area contributed by atoms with Crippen LogP contribution in [0.4, 0.5) is 0 Å². The number of rotatable bonds is 11. The van der Waals surface area contributed by atoms with E-state index >= 15 is 0 Å². The van der Waals surface area contributed by atoms with Crippen LogP contribution in [-0.2, 0) is 23.7 Å². The number of halogens is 3. The van der Waals surface area contributed by atoms with E-state index < -0.39 is 30.7 Å². The zero-order valence-electron chi connectivity index (χ0n) is 14.6. The highest BCUT2D eigenvalue weighted by Gasteiger charge is 2.48. The molecule has 1 heterocycles. The fourth-order valence-electron chi connectivity index (χ4n) is 2.44. The minimum absolute atomic E-state index is 0. The molecule has 0 saturated carbocycles. The lowest BCUT2D eigenvalue weighted by atomic mass is 9.98. The Bertz CT molecular complexity index is 278. The second kappa shape index (κ2) is 17.9. The molecule has 0 amide bonds. The number of aliphatic hydroxyl groups excluding tert-OH is 1. The van der Waals surface area contributed by atoms with Crippen molar-refractivity contribution in [3.63, 3.8) is 0 Å². The van der Waals surface area contributed by atoms with Gasteiger partial charge in [0.2, 0.25) is 0 Å². The Hall–Kier alpha value is 0.510. The van der Waals surface area contributed by atoms with E-state index in [4.69, 9.17) is 23.7 Å². The standard InChI is InChI=1S/C13H29N3O6.3ClH/c1-18-13-12(21-7-4-16)11(20-6-3-15)10(19-5-2-14)9(8-17)22-13;;;/h9-13,17H,2-8,14-16H2,1H3;3*1H/t9-,10+,11+,12-,13-;;;/m1.../s1. The molecule has 0 radical (unpaired) electrons. The van der Waals surface area contributed by atoms with E-state index in [-0.39, 0.29) is 43.8 Å². The van der Waals surface area contributed by atoms with Crippen molar-refractivity contribution in [1.82, 2.24) is 0 Å². The van der Waals surface area contributed by atoms with Gasteiger partial charge in [-0.1, -0.05) is 0 Å². The summed E-state index contributed by atoms with van der Waals surface area (Å²) >= 11 is 0. The molecule has 0 spiro atoms. The fraction of sp³-hybridized carbons (Fsp3) is 1.00. The maximum atomic E-state index is 9.58. The zero-order chi connectivity index (χ0) is 16.4. The lowest BCUT2D eigenvalue weighted by molar-refractivity contribution is -0.396. The van der Waals surface area contributed by atoms with Gasteiger partial charge in [-0.05, 0) is 0 Å². The lowest BCUT2D eigenvalue weighted by Crippen LogP contribution is -3.00. The van der Waals surface area contributed by atoms with Gasteiger partial charge in [0.05, 0.1) is 46.1 Å². The zero-order valence-corrected chi connectivity index (χ0v) is 16.8. The largest absolute Gasteiger partial charge is 1.00 e. The maximum Gasteiger partial charge on any atom is 0.186 e. The van der Waals surface area contributed by atoms with E-state index in [1.165, 1.54) is 7.11 Å². The molecule has 12 heteroatoms. The number of aliphatic hydroxyl groups is 1. The fourth-order valence-corrected chi connectivity index (χ4v) is 2.44. The molecule has 1 fully saturated rings. The molecule has 1 saturated heterocycles. The van der Waals surface area contributed by atoms with Crippen molar-refractivity contribution in [3.8, 4) is 0 Å². The predicted molar refractivity (Wildman–Crippen MR) is 75.2 cm³/mol. The van der Waals surface area contributed by atoms with Gasteiger partial charge < -0.3 is 83.2 Å². The Morgan fingerprint density at radius 3 is 1.64 bits per heavy atom. The van der Waals surface area contributed by atoms with Crippen molar-refractivity contribution in [2.24, 2.45) is 0 Å². The van der Waals surface area contributed by atoms with Crippen LogP contribution in [0.15, 0.2) is 0 Å². The molecule has 25 heavy (non-hydrogen) atoms. The van der Waals surface area contributed by atoms with Crippen LogP contribution in [0.25, 0.3) is 0 Å². The van der Waals surface area contributed by atoms with Crippen molar-refractivity contribution in [1.29, 1.82) is 0 Å². The summed E-state index contributed by atoms with van der Waals surface area (Å²) in [6, 6.07) is 0. The molecule has 0 aromatic heterocycles. The molecule has 1 rings (SSSR count). The quantitative estimate of drug-likeness (QED) is 0.255. The normalized spacial score (nSPS) is 28.4. The topological polar surface area (TPSA) is 149 Å². The first-order valence-electron chi connectivity index (χ1n) is 7.75. The Kier molecular flexibility index (Phi) is 21.7. The monoisotopic (exact) mass is 431 g/mol. The molecule has 0 aromatic rings. The summed E-state index contributed by atoms with van der Waals surface area (Å²) in [5, 5.41) is 9.58. The van der Waals surface area contributed by atoms with E-state index in [2.05, 4.69) is 17.2 Å². The third-order valence-electron chi connectivity index (χ3n) is 3.37. The van der Waals surface area contributed by atoms with Crippen molar-refractivity contribution < 1.29 is 83.2 Å². The first-order valence-corrected chi connectivity index (χ1v) is 7.75. The number of methoxy groups -OCH3 is 1. The molecule has 0 bridgehead atoms. The number of ether oxygens (including phenoxy) is 5. The maximum absolute atomic E-state index is 9.58. The summed E-state index contributed by atoms with van der Waals surface area (Å²) in [6.45, 7) is 3.07. The number of quaternary nitrogens is 3. The molecule has 5 atom stereocenters. The number of hydrogen-bond acceptors (Lipinski definition) is 6. The van der Waals surface area contributed by atoms with Gasteiger partial charge in [0, 0.05) is 7.11 Å². The van der Waals surface area contributed by atoms with Crippen LogP contribution in [0.3, 0.4) is 0 Å². The third kappa shape index (κ3) is 9.32. The SMILES string of the molecule is CO[C@@H]1O[C@H](CO)[C@H](OCC[NH3+])[C@H](OCC[NH3+])[C@H]1OCC[NH3+].[Cl-].[Cl-].[Cl-]. The van der Waals surface area contributed by atoms with E-state index in [0.717, 1.165) is 0 Å². The van der Waals surface area contributed by atoms with Crippen molar-refractivity contribution in [3.05, 3.63) is 0 Å². The van der Waals surface area contributed by atoms with Crippen molar-refractivity contribution in [2.75, 3.05) is 53.2 Å². The minimum atomic E-state index is -0.627.